The number of pyridine rings is 1. The molecule has 0 spiro atoms. The fraction of sp³-hybridized carbons (Fsp3) is 0.455. The van der Waals surface area contributed by atoms with Crippen LogP contribution in [0.1, 0.15) is 50.0 Å². The first-order valence-corrected chi connectivity index (χ1v) is 10.3. The highest BCUT2D eigenvalue weighted by Gasteiger charge is 2.24. The molecule has 1 amide bonds. The molecule has 0 atom stereocenters. The highest BCUT2D eigenvalue weighted by Crippen LogP contribution is 2.27. The van der Waals surface area contributed by atoms with Crippen LogP contribution in [0.4, 0.5) is 0 Å². The summed E-state index contributed by atoms with van der Waals surface area (Å²) in [5, 5.41) is 4.96. The molecule has 1 aliphatic rings. The lowest BCUT2D eigenvalue weighted by molar-refractivity contribution is -0.135. The molecule has 1 fully saturated rings. The fourth-order valence-electron chi connectivity index (χ4n) is 3.67. The van der Waals surface area contributed by atoms with E-state index >= 15 is 0 Å². The van der Waals surface area contributed by atoms with Crippen LogP contribution in [-0.2, 0) is 9.53 Å². The molecule has 8 heteroatoms. The Morgan fingerprint density at radius 2 is 2.07 bits per heavy atom. The molecule has 1 saturated heterocycles. The van der Waals surface area contributed by atoms with Crippen LogP contribution in [0.15, 0.2) is 35.1 Å². The number of nitrogens with zero attached hydrogens (tertiary/aromatic N) is 4. The summed E-state index contributed by atoms with van der Waals surface area (Å²) in [6, 6.07) is 5.23. The van der Waals surface area contributed by atoms with Gasteiger partial charge in [0.1, 0.15) is 5.69 Å². The zero-order chi connectivity index (χ0) is 21.3. The summed E-state index contributed by atoms with van der Waals surface area (Å²) in [5.41, 5.74) is 1.40. The molecular formula is C22H26N4O4. The number of piperidine rings is 1. The number of hydrogen-bond donors (Lipinski definition) is 0. The van der Waals surface area contributed by atoms with E-state index in [-0.39, 0.29) is 18.6 Å². The SMILES string of the molecule is CC1CCN(C(=O)COC(=O)c2cc(-c3ccco3)nc3c2cnn3C(C)C)CC1. The number of rotatable bonds is 5. The molecule has 0 bridgehead atoms. The Kier molecular flexibility index (Phi) is 5.57. The van der Waals surface area contributed by atoms with Crippen molar-refractivity contribution in [3.63, 3.8) is 0 Å². The fourth-order valence-corrected chi connectivity index (χ4v) is 3.67. The van der Waals surface area contributed by atoms with Crippen molar-refractivity contribution in [1.29, 1.82) is 0 Å². The number of carbonyl (C=O) groups excluding carboxylic acids is 2. The van der Waals surface area contributed by atoms with Crippen LogP contribution in [0, 0.1) is 5.92 Å². The van der Waals surface area contributed by atoms with E-state index in [1.54, 1.807) is 40.2 Å². The lowest BCUT2D eigenvalue weighted by atomic mass is 9.99. The van der Waals surface area contributed by atoms with Gasteiger partial charge in [-0.05, 0) is 50.8 Å². The summed E-state index contributed by atoms with van der Waals surface area (Å²) in [4.78, 5) is 31.8. The van der Waals surface area contributed by atoms with Crippen molar-refractivity contribution >= 4 is 22.9 Å². The summed E-state index contributed by atoms with van der Waals surface area (Å²) in [6.45, 7) is 7.31. The van der Waals surface area contributed by atoms with Gasteiger partial charge in [0, 0.05) is 19.1 Å². The maximum absolute atomic E-state index is 12.9. The van der Waals surface area contributed by atoms with Gasteiger partial charge in [0.15, 0.2) is 18.0 Å². The Morgan fingerprint density at radius 1 is 1.30 bits per heavy atom. The largest absolute Gasteiger partial charge is 0.463 e. The number of amides is 1. The van der Waals surface area contributed by atoms with Crippen LogP contribution >= 0.6 is 0 Å². The third-order valence-corrected chi connectivity index (χ3v) is 5.51. The van der Waals surface area contributed by atoms with Crippen molar-refractivity contribution in [1.82, 2.24) is 19.7 Å². The predicted octanol–water partition coefficient (Wildman–Crippen LogP) is 3.69. The third kappa shape index (κ3) is 3.94. The van der Waals surface area contributed by atoms with Crippen molar-refractivity contribution in [2.75, 3.05) is 19.7 Å². The Morgan fingerprint density at radius 3 is 2.73 bits per heavy atom. The molecule has 4 heterocycles. The summed E-state index contributed by atoms with van der Waals surface area (Å²) in [5.74, 6) is 0.433. The van der Waals surface area contributed by atoms with E-state index in [1.807, 2.05) is 13.8 Å². The van der Waals surface area contributed by atoms with E-state index in [0.717, 1.165) is 12.8 Å². The average Bonchev–Trinajstić information content (AvgIpc) is 3.41. The molecule has 1 aliphatic heterocycles. The monoisotopic (exact) mass is 410 g/mol. The van der Waals surface area contributed by atoms with Crippen molar-refractivity contribution < 1.29 is 18.7 Å². The van der Waals surface area contributed by atoms with Crippen LogP contribution in [0.3, 0.4) is 0 Å². The predicted molar refractivity (Wildman–Crippen MR) is 111 cm³/mol. The van der Waals surface area contributed by atoms with Gasteiger partial charge in [-0.25, -0.2) is 14.5 Å². The van der Waals surface area contributed by atoms with Gasteiger partial charge in [0.2, 0.25) is 0 Å². The summed E-state index contributed by atoms with van der Waals surface area (Å²) < 4.78 is 12.6. The van der Waals surface area contributed by atoms with Gasteiger partial charge in [0.25, 0.3) is 5.91 Å². The topological polar surface area (TPSA) is 90.5 Å². The van der Waals surface area contributed by atoms with Crippen molar-refractivity contribution in [2.24, 2.45) is 5.92 Å². The first kappa shape index (κ1) is 20.1. The van der Waals surface area contributed by atoms with E-state index in [0.29, 0.717) is 47.1 Å². The van der Waals surface area contributed by atoms with Crippen molar-refractivity contribution in [3.05, 3.63) is 36.2 Å². The molecule has 0 unspecified atom stereocenters. The molecular weight excluding hydrogens is 384 g/mol. The van der Waals surface area contributed by atoms with Crippen LogP contribution in [0.5, 0.6) is 0 Å². The maximum atomic E-state index is 12.9. The zero-order valence-corrected chi connectivity index (χ0v) is 17.5. The molecule has 8 nitrogen and oxygen atoms in total. The van der Waals surface area contributed by atoms with Gasteiger partial charge in [-0.2, -0.15) is 5.10 Å². The summed E-state index contributed by atoms with van der Waals surface area (Å²) in [7, 11) is 0. The zero-order valence-electron chi connectivity index (χ0n) is 17.5. The highest BCUT2D eigenvalue weighted by molar-refractivity contribution is 6.04. The molecule has 4 rings (SSSR count). The molecule has 158 valence electrons. The Labute approximate surface area is 174 Å². The Balaban J connectivity index is 1.59. The molecule has 3 aromatic heterocycles. The van der Waals surface area contributed by atoms with Gasteiger partial charge in [0.05, 0.1) is 23.4 Å². The first-order valence-electron chi connectivity index (χ1n) is 10.3. The first-order chi connectivity index (χ1) is 14.4. The smallest absolute Gasteiger partial charge is 0.339 e. The van der Waals surface area contributed by atoms with E-state index in [4.69, 9.17) is 9.15 Å². The van der Waals surface area contributed by atoms with Crippen LogP contribution < -0.4 is 0 Å². The molecule has 0 N–H and O–H groups in total. The number of aromatic nitrogens is 3. The normalized spacial score (nSPS) is 15.1. The Bertz CT molecular complexity index is 1050. The number of fused-ring (bicyclic) bond motifs is 1. The lowest BCUT2D eigenvalue weighted by Crippen LogP contribution is -2.40. The summed E-state index contributed by atoms with van der Waals surface area (Å²) in [6.07, 6.45) is 5.12. The molecule has 0 aromatic carbocycles. The van der Waals surface area contributed by atoms with Crippen LogP contribution in [0.2, 0.25) is 0 Å². The van der Waals surface area contributed by atoms with Crippen molar-refractivity contribution in [3.8, 4) is 11.5 Å². The van der Waals surface area contributed by atoms with E-state index in [9.17, 15) is 9.59 Å². The van der Waals surface area contributed by atoms with Crippen LogP contribution in [-0.4, -0.2) is 51.2 Å². The minimum Gasteiger partial charge on any atom is -0.463 e. The third-order valence-electron chi connectivity index (χ3n) is 5.51. The summed E-state index contributed by atoms with van der Waals surface area (Å²) >= 11 is 0. The number of furan rings is 1. The van der Waals surface area contributed by atoms with E-state index < -0.39 is 5.97 Å². The van der Waals surface area contributed by atoms with Gasteiger partial charge >= 0.3 is 5.97 Å². The van der Waals surface area contributed by atoms with Crippen LogP contribution in [0.25, 0.3) is 22.5 Å². The minimum atomic E-state index is -0.572. The highest BCUT2D eigenvalue weighted by atomic mass is 16.5. The minimum absolute atomic E-state index is 0.0637. The Hall–Kier alpha value is -3.16. The van der Waals surface area contributed by atoms with Gasteiger partial charge in [-0.1, -0.05) is 6.92 Å². The number of likely N-dealkylation sites (tertiary alicyclic amines) is 1. The van der Waals surface area contributed by atoms with Gasteiger partial charge in [-0.15, -0.1) is 0 Å². The van der Waals surface area contributed by atoms with Gasteiger partial charge < -0.3 is 14.1 Å². The second-order valence-corrected chi connectivity index (χ2v) is 8.09. The second kappa shape index (κ2) is 8.30. The molecule has 30 heavy (non-hydrogen) atoms. The van der Waals surface area contributed by atoms with Crippen molar-refractivity contribution in [2.45, 2.75) is 39.7 Å². The second-order valence-electron chi connectivity index (χ2n) is 8.09. The number of hydrogen-bond acceptors (Lipinski definition) is 6. The average molecular weight is 410 g/mol. The number of ether oxygens (including phenoxy) is 1. The number of carbonyl (C=O) groups is 2. The molecule has 3 aromatic rings. The van der Waals surface area contributed by atoms with Gasteiger partial charge in [-0.3, -0.25) is 4.79 Å². The molecule has 0 saturated carbocycles. The number of esters is 1. The maximum Gasteiger partial charge on any atom is 0.339 e. The lowest BCUT2D eigenvalue weighted by Gasteiger charge is -2.30. The molecule has 0 radical (unpaired) electrons. The quantitative estimate of drug-likeness (QED) is 0.596. The van der Waals surface area contributed by atoms with E-state index in [1.165, 1.54) is 0 Å². The van der Waals surface area contributed by atoms with E-state index in [2.05, 4.69) is 17.0 Å². The molecule has 0 aliphatic carbocycles. The standard InChI is InChI=1S/C22H26N4O4/c1-14(2)26-21-17(12-23-26)16(11-18(24-21)19-5-4-10-29-19)22(28)30-13-20(27)25-8-6-15(3)7-9-25/h4-5,10-12,14-15H,6-9,13H2,1-3H3.